The van der Waals surface area contributed by atoms with Gasteiger partial charge in [-0.1, -0.05) is 31.4 Å². The third-order valence-electron chi connectivity index (χ3n) is 4.11. The number of halogens is 1. The van der Waals surface area contributed by atoms with E-state index in [1.165, 1.54) is 25.7 Å². The highest BCUT2D eigenvalue weighted by molar-refractivity contribution is 6.31. The first kappa shape index (κ1) is 14.6. The second-order valence-electron chi connectivity index (χ2n) is 5.72. The molecule has 0 amide bonds. The van der Waals surface area contributed by atoms with E-state index >= 15 is 0 Å². The van der Waals surface area contributed by atoms with E-state index in [4.69, 9.17) is 11.6 Å². The SMILES string of the molecule is CNc1ccc(Cl)c(CN(C)C2CCCC(C)C2)n1. The second kappa shape index (κ2) is 6.58. The van der Waals surface area contributed by atoms with Crippen LogP contribution < -0.4 is 5.32 Å². The van der Waals surface area contributed by atoms with Crippen LogP contribution in [0.15, 0.2) is 12.1 Å². The zero-order valence-electron chi connectivity index (χ0n) is 12.1. The molecule has 3 nitrogen and oxygen atoms in total. The average Bonchev–Trinajstić information content (AvgIpc) is 2.41. The van der Waals surface area contributed by atoms with Gasteiger partial charge in [-0.15, -0.1) is 0 Å². The molecule has 2 unspecified atom stereocenters. The standard InChI is InChI=1S/C15H24ClN3/c1-11-5-4-6-12(9-11)19(3)10-14-13(16)7-8-15(17-2)18-14/h7-8,11-12H,4-6,9-10H2,1-3H3,(H,17,18). The molecule has 1 heterocycles. The largest absolute Gasteiger partial charge is 0.373 e. The summed E-state index contributed by atoms with van der Waals surface area (Å²) in [6.07, 6.45) is 5.30. The van der Waals surface area contributed by atoms with E-state index in [1.54, 1.807) is 0 Å². The molecule has 1 aromatic heterocycles. The lowest BCUT2D eigenvalue weighted by Gasteiger charge is -2.34. The van der Waals surface area contributed by atoms with Gasteiger partial charge in [0.05, 0.1) is 10.7 Å². The van der Waals surface area contributed by atoms with Gasteiger partial charge < -0.3 is 5.32 Å². The van der Waals surface area contributed by atoms with Crippen molar-refractivity contribution in [2.45, 2.75) is 45.2 Å². The Kier molecular flexibility index (Phi) is 5.06. The number of anilines is 1. The van der Waals surface area contributed by atoms with E-state index < -0.39 is 0 Å². The molecule has 1 aromatic rings. The molecule has 2 rings (SSSR count). The fourth-order valence-corrected chi connectivity index (χ4v) is 3.07. The van der Waals surface area contributed by atoms with Crippen LogP contribution in [0.4, 0.5) is 5.82 Å². The first-order chi connectivity index (χ1) is 9.10. The predicted molar refractivity (Wildman–Crippen MR) is 81.7 cm³/mol. The van der Waals surface area contributed by atoms with E-state index in [0.29, 0.717) is 6.04 Å². The zero-order chi connectivity index (χ0) is 13.8. The van der Waals surface area contributed by atoms with Gasteiger partial charge in [0.25, 0.3) is 0 Å². The number of hydrogen-bond donors (Lipinski definition) is 1. The van der Waals surface area contributed by atoms with Gasteiger partial charge in [-0.2, -0.15) is 0 Å². The molecule has 1 aliphatic rings. The first-order valence-corrected chi connectivity index (χ1v) is 7.51. The molecule has 0 saturated heterocycles. The van der Waals surface area contributed by atoms with Crippen LogP contribution in [-0.4, -0.2) is 30.0 Å². The van der Waals surface area contributed by atoms with Crippen molar-refractivity contribution in [3.8, 4) is 0 Å². The summed E-state index contributed by atoms with van der Waals surface area (Å²) in [4.78, 5) is 6.97. The molecule has 19 heavy (non-hydrogen) atoms. The molecular formula is C15H24ClN3. The summed E-state index contributed by atoms with van der Waals surface area (Å²) < 4.78 is 0. The van der Waals surface area contributed by atoms with Gasteiger partial charge in [0.1, 0.15) is 5.82 Å². The molecule has 2 atom stereocenters. The van der Waals surface area contributed by atoms with Crippen LogP contribution in [0.3, 0.4) is 0 Å². The maximum atomic E-state index is 6.25. The smallest absolute Gasteiger partial charge is 0.126 e. The summed E-state index contributed by atoms with van der Waals surface area (Å²) in [5.41, 5.74) is 0.967. The van der Waals surface area contributed by atoms with Crippen LogP contribution in [0.1, 0.15) is 38.3 Å². The van der Waals surface area contributed by atoms with Gasteiger partial charge in [-0.25, -0.2) is 4.98 Å². The summed E-state index contributed by atoms with van der Waals surface area (Å²) in [5, 5.41) is 3.83. The van der Waals surface area contributed by atoms with Crippen molar-refractivity contribution in [2.75, 3.05) is 19.4 Å². The topological polar surface area (TPSA) is 28.2 Å². The minimum absolute atomic E-state index is 0.667. The highest BCUT2D eigenvalue weighted by atomic mass is 35.5. The Bertz CT molecular complexity index is 422. The van der Waals surface area contributed by atoms with Crippen molar-refractivity contribution in [1.82, 2.24) is 9.88 Å². The minimum Gasteiger partial charge on any atom is -0.373 e. The van der Waals surface area contributed by atoms with Crippen LogP contribution in [0.2, 0.25) is 5.02 Å². The monoisotopic (exact) mass is 281 g/mol. The Morgan fingerprint density at radius 3 is 2.89 bits per heavy atom. The van der Waals surface area contributed by atoms with E-state index in [2.05, 4.69) is 29.2 Å². The maximum Gasteiger partial charge on any atom is 0.126 e. The van der Waals surface area contributed by atoms with Crippen LogP contribution in [0, 0.1) is 5.92 Å². The average molecular weight is 282 g/mol. The normalized spacial score (nSPS) is 23.6. The summed E-state index contributed by atoms with van der Waals surface area (Å²) in [5.74, 6) is 1.72. The van der Waals surface area contributed by atoms with Gasteiger partial charge in [-0.05, 0) is 37.9 Å². The van der Waals surface area contributed by atoms with Gasteiger partial charge >= 0.3 is 0 Å². The Morgan fingerprint density at radius 1 is 1.42 bits per heavy atom. The number of hydrogen-bond acceptors (Lipinski definition) is 3. The quantitative estimate of drug-likeness (QED) is 0.910. The maximum absolute atomic E-state index is 6.25. The third-order valence-corrected chi connectivity index (χ3v) is 4.45. The molecule has 0 bridgehead atoms. The third kappa shape index (κ3) is 3.83. The summed E-state index contributed by atoms with van der Waals surface area (Å²) in [6, 6.07) is 4.50. The molecule has 106 valence electrons. The summed E-state index contributed by atoms with van der Waals surface area (Å²) in [6.45, 7) is 3.18. The molecule has 1 aliphatic carbocycles. The van der Waals surface area contributed by atoms with Gasteiger partial charge in [0.15, 0.2) is 0 Å². The van der Waals surface area contributed by atoms with E-state index in [0.717, 1.165) is 29.0 Å². The summed E-state index contributed by atoms with van der Waals surface area (Å²) in [7, 11) is 4.07. The lowest BCUT2D eigenvalue weighted by Crippen LogP contribution is -2.35. The molecule has 0 aliphatic heterocycles. The summed E-state index contributed by atoms with van der Waals surface area (Å²) >= 11 is 6.25. The van der Waals surface area contributed by atoms with Gasteiger partial charge in [0, 0.05) is 19.6 Å². The zero-order valence-corrected chi connectivity index (χ0v) is 12.9. The fourth-order valence-electron chi connectivity index (χ4n) is 2.90. The Morgan fingerprint density at radius 2 is 2.21 bits per heavy atom. The van der Waals surface area contributed by atoms with E-state index in [1.807, 2.05) is 19.2 Å². The van der Waals surface area contributed by atoms with E-state index in [9.17, 15) is 0 Å². The molecule has 4 heteroatoms. The Hall–Kier alpha value is -0.800. The van der Waals surface area contributed by atoms with Crippen LogP contribution >= 0.6 is 11.6 Å². The lowest BCUT2D eigenvalue weighted by atomic mass is 9.86. The van der Waals surface area contributed by atoms with Crippen molar-refractivity contribution >= 4 is 17.4 Å². The van der Waals surface area contributed by atoms with Crippen LogP contribution in [-0.2, 0) is 6.54 Å². The van der Waals surface area contributed by atoms with Crippen molar-refractivity contribution in [2.24, 2.45) is 5.92 Å². The molecule has 0 aromatic carbocycles. The van der Waals surface area contributed by atoms with Crippen molar-refractivity contribution in [1.29, 1.82) is 0 Å². The van der Waals surface area contributed by atoms with Gasteiger partial charge in [0.2, 0.25) is 0 Å². The molecule has 0 spiro atoms. The number of aromatic nitrogens is 1. The number of rotatable bonds is 4. The van der Waals surface area contributed by atoms with E-state index in [-0.39, 0.29) is 0 Å². The Labute approximate surface area is 121 Å². The minimum atomic E-state index is 0.667. The number of pyridine rings is 1. The number of nitrogens with one attached hydrogen (secondary N) is 1. The highest BCUT2D eigenvalue weighted by Crippen LogP contribution is 2.28. The van der Waals surface area contributed by atoms with Crippen molar-refractivity contribution < 1.29 is 0 Å². The molecule has 1 saturated carbocycles. The highest BCUT2D eigenvalue weighted by Gasteiger charge is 2.23. The molecule has 1 fully saturated rings. The number of nitrogens with zero attached hydrogens (tertiary/aromatic N) is 2. The van der Waals surface area contributed by atoms with Crippen molar-refractivity contribution in [3.63, 3.8) is 0 Å². The first-order valence-electron chi connectivity index (χ1n) is 7.13. The molecule has 1 N–H and O–H groups in total. The second-order valence-corrected chi connectivity index (χ2v) is 6.12. The van der Waals surface area contributed by atoms with Crippen LogP contribution in [0.25, 0.3) is 0 Å². The molecule has 0 radical (unpaired) electrons. The van der Waals surface area contributed by atoms with Gasteiger partial charge in [-0.3, -0.25) is 4.90 Å². The predicted octanol–water partition coefficient (Wildman–Crippen LogP) is 3.79. The molecular weight excluding hydrogens is 258 g/mol. The lowest BCUT2D eigenvalue weighted by molar-refractivity contribution is 0.156. The fraction of sp³-hybridized carbons (Fsp3) is 0.667. The Balaban J connectivity index is 2.03. The van der Waals surface area contributed by atoms with Crippen LogP contribution in [0.5, 0.6) is 0 Å². The van der Waals surface area contributed by atoms with Crippen molar-refractivity contribution in [3.05, 3.63) is 22.8 Å².